The van der Waals surface area contributed by atoms with Gasteiger partial charge in [-0.15, -0.1) is 0 Å². The molecule has 3 nitrogen and oxygen atoms in total. The molecule has 0 amide bonds. The van der Waals surface area contributed by atoms with Gasteiger partial charge in [-0.2, -0.15) is 0 Å². The molecule has 1 heterocycles. The molecular weight excluding hydrogens is 222 g/mol. The largest absolute Gasteiger partial charge is 0.326 e. The minimum Gasteiger partial charge on any atom is -0.326 e. The SMILES string of the molecule is CCC(N)C(c1cccnc1)N(C)C(C)C(C)C. The van der Waals surface area contributed by atoms with Gasteiger partial charge in [0.1, 0.15) is 0 Å². The van der Waals surface area contributed by atoms with Crippen LogP contribution in [0.5, 0.6) is 0 Å². The van der Waals surface area contributed by atoms with Crippen LogP contribution in [-0.4, -0.2) is 29.0 Å². The van der Waals surface area contributed by atoms with E-state index in [1.807, 2.05) is 18.5 Å². The van der Waals surface area contributed by atoms with Crippen molar-refractivity contribution in [3.8, 4) is 0 Å². The lowest BCUT2D eigenvalue weighted by Crippen LogP contribution is -2.44. The molecule has 0 saturated carbocycles. The molecule has 0 aliphatic carbocycles. The van der Waals surface area contributed by atoms with Gasteiger partial charge in [-0.05, 0) is 37.9 Å². The number of hydrogen-bond acceptors (Lipinski definition) is 3. The molecule has 3 atom stereocenters. The summed E-state index contributed by atoms with van der Waals surface area (Å²) in [5, 5.41) is 0. The Morgan fingerprint density at radius 1 is 1.33 bits per heavy atom. The normalized spacial score (nSPS) is 16.9. The van der Waals surface area contributed by atoms with Gasteiger partial charge in [0.05, 0.1) is 6.04 Å². The molecule has 3 heteroatoms. The number of pyridine rings is 1. The molecule has 0 spiro atoms. The molecule has 0 radical (unpaired) electrons. The fraction of sp³-hybridized carbons (Fsp3) is 0.667. The van der Waals surface area contributed by atoms with Gasteiger partial charge in [0.2, 0.25) is 0 Å². The molecule has 1 aromatic rings. The highest BCUT2D eigenvalue weighted by molar-refractivity contribution is 5.16. The van der Waals surface area contributed by atoms with Crippen LogP contribution in [-0.2, 0) is 0 Å². The summed E-state index contributed by atoms with van der Waals surface area (Å²) in [6.07, 6.45) is 4.71. The third kappa shape index (κ3) is 3.53. The Bertz CT molecular complexity index is 337. The lowest BCUT2D eigenvalue weighted by Gasteiger charge is -2.38. The zero-order valence-electron chi connectivity index (χ0n) is 12.3. The summed E-state index contributed by atoms with van der Waals surface area (Å²) in [7, 11) is 2.16. The van der Waals surface area contributed by atoms with Crippen LogP contribution in [0.3, 0.4) is 0 Å². The van der Waals surface area contributed by atoms with Gasteiger partial charge in [-0.25, -0.2) is 0 Å². The molecule has 1 rings (SSSR count). The van der Waals surface area contributed by atoms with Crippen LogP contribution < -0.4 is 5.73 Å². The average Bonchev–Trinajstić information content (AvgIpc) is 2.38. The number of aromatic nitrogens is 1. The molecule has 0 bridgehead atoms. The minimum absolute atomic E-state index is 0.139. The number of hydrogen-bond donors (Lipinski definition) is 1. The molecule has 3 unspecified atom stereocenters. The number of nitrogens with zero attached hydrogens (tertiary/aromatic N) is 2. The number of nitrogens with two attached hydrogens (primary N) is 1. The van der Waals surface area contributed by atoms with Crippen LogP contribution in [0.2, 0.25) is 0 Å². The molecule has 18 heavy (non-hydrogen) atoms. The quantitative estimate of drug-likeness (QED) is 0.843. The molecule has 0 fully saturated rings. The van der Waals surface area contributed by atoms with Crippen LogP contribution in [0, 0.1) is 5.92 Å². The molecule has 102 valence electrons. The topological polar surface area (TPSA) is 42.1 Å². The highest BCUT2D eigenvalue weighted by Gasteiger charge is 2.27. The monoisotopic (exact) mass is 249 g/mol. The van der Waals surface area contributed by atoms with E-state index in [2.05, 4.69) is 50.7 Å². The van der Waals surface area contributed by atoms with E-state index in [0.717, 1.165) is 6.42 Å². The van der Waals surface area contributed by atoms with Crippen molar-refractivity contribution < 1.29 is 0 Å². The zero-order valence-corrected chi connectivity index (χ0v) is 12.3. The molecular formula is C15H27N3. The summed E-state index contributed by atoms with van der Waals surface area (Å²) < 4.78 is 0. The van der Waals surface area contributed by atoms with Gasteiger partial charge in [0, 0.05) is 24.5 Å². The number of likely N-dealkylation sites (N-methyl/N-ethyl adjacent to an activating group) is 1. The lowest BCUT2D eigenvalue weighted by molar-refractivity contribution is 0.127. The highest BCUT2D eigenvalue weighted by Crippen LogP contribution is 2.27. The predicted octanol–water partition coefficient (Wildman–Crippen LogP) is 2.84. The summed E-state index contributed by atoms with van der Waals surface area (Å²) in [6.45, 7) is 8.90. The first-order chi connectivity index (χ1) is 8.49. The third-order valence-electron chi connectivity index (χ3n) is 3.95. The van der Waals surface area contributed by atoms with E-state index in [0.29, 0.717) is 12.0 Å². The van der Waals surface area contributed by atoms with E-state index in [-0.39, 0.29) is 12.1 Å². The minimum atomic E-state index is 0.139. The fourth-order valence-electron chi connectivity index (χ4n) is 2.28. The Morgan fingerprint density at radius 3 is 2.44 bits per heavy atom. The molecule has 0 aliphatic heterocycles. The molecule has 1 aromatic heterocycles. The van der Waals surface area contributed by atoms with Gasteiger partial charge < -0.3 is 5.73 Å². The first kappa shape index (κ1) is 15.1. The third-order valence-corrected chi connectivity index (χ3v) is 3.95. The van der Waals surface area contributed by atoms with E-state index in [4.69, 9.17) is 5.73 Å². The van der Waals surface area contributed by atoms with E-state index >= 15 is 0 Å². The van der Waals surface area contributed by atoms with Crippen molar-refractivity contribution in [2.45, 2.75) is 52.2 Å². The van der Waals surface area contributed by atoms with Gasteiger partial charge in [-0.1, -0.05) is 26.8 Å². The average molecular weight is 249 g/mol. The Morgan fingerprint density at radius 2 is 2.00 bits per heavy atom. The smallest absolute Gasteiger partial charge is 0.0514 e. The second-order valence-corrected chi connectivity index (χ2v) is 5.45. The van der Waals surface area contributed by atoms with E-state index in [1.165, 1.54) is 5.56 Å². The van der Waals surface area contributed by atoms with Crippen molar-refractivity contribution in [3.05, 3.63) is 30.1 Å². The van der Waals surface area contributed by atoms with E-state index < -0.39 is 0 Å². The second kappa shape index (κ2) is 6.86. The Balaban J connectivity index is 2.99. The summed E-state index contributed by atoms with van der Waals surface area (Å²) in [6, 6.07) is 4.98. The van der Waals surface area contributed by atoms with Gasteiger partial charge in [0.15, 0.2) is 0 Å². The van der Waals surface area contributed by atoms with Crippen LogP contribution in [0.25, 0.3) is 0 Å². The molecule has 0 aromatic carbocycles. The predicted molar refractivity (Wildman–Crippen MR) is 77.3 cm³/mol. The zero-order chi connectivity index (χ0) is 13.7. The molecule has 0 aliphatic rings. The maximum absolute atomic E-state index is 6.32. The summed E-state index contributed by atoms with van der Waals surface area (Å²) in [5.41, 5.74) is 7.53. The lowest BCUT2D eigenvalue weighted by atomic mass is 9.94. The maximum Gasteiger partial charge on any atom is 0.0514 e. The van der Waals surface area contributed by atoms with Gasteiger partial charge >= 0.3 is 0 Å². The number of rotatable bonds is 6. The summed E-state index contributed by atoms with van der Waals surface area (Å²) >= 11 is 0. The van der Waals surface area contributed by atoms with Crippen molar-refractivity contribution >= 4 is 0 Å². The van der Waals surface area contributed by atoms with Crippen molar-refractivity contribution in [2.75, 3.05) is 7.05 Å². The second-order valence-electron chi connectivity index (χ2n) is 5.45. The van der Waals surface area contributed by atoms with Crippen LogP contribution in [0.1, 0.15) is 45.7 Å². The first-order valence-electron chi connectivity index (χ1n) is 6.86. The Kier molecular flexibility index (Phi) is 5.76. The van der Waals surface area contributed by atoms with Gasteiger partial charge in [0.25, 0.3) is 0 Å². The van der Waals surface area contributed by atoms with Crippen molar-refractivity contribution in [3.63, 3.8) is 0 Å². The van der Waals surface area contributed by atoms with Gasteiger partial charge in [-0.3, -0.25) is 9.88 Å². The van der Waals surface area contributed by atoms with Crippen LogP contribution in [0.15, 0.2) is 24.5 Å². The summed E-state index contributed by atoms with van der Waals surface area (Å²) in [5.74, 6) is 0.609. The van der Waals surface area contributed by atoms with Crippen molar-refractivity contribution in [2.24, 2.45) is 11.7 Å². The highest BCUT2D eigenvalue weighted by atomic mass is 15.2. The van der Waals surface area contributed by atoms with E-state index in [1.54, 1.807) is 0 Å². The fourth-order valence-corrected chi connectivity index (χ4v) is 2.28. The molecule has 0 saturated heterocycles. The van der Waals surface area contributed by atoms with E-state index in [9.17, 15) is 0 Å². The standard InChI is InChI=1S/C15H27N3/c1-6-14(16)15(13-8-7-9-17-10-13)18(5)12(4)11(2)3/h7-12,14-15H,6,16H2,1-5H3. The molecule has 2 N–H and O–H groups in total. The Hall–Kier alpha value is -0.930. The summed E-state index contributed by atoms with van der Waals surface area (Å²) in [4.78, 5) is 6.61. The van der Waals surface area contributed by atoms with Crippen molar-refractivity contribution in [1.82, 2.24) is 9.88 Å². The first-order valence-corrected chi connectivity index (χ1v) is 6.86. The van der Waals surface area contributed by atoms with Crippen molar-refractivity contribution in [1.29, 1.82) is 0 Å². The van der Waals surface area contributed by atoms with Crippen LogP contribution in [0.4, 0.5) is 0 Å². The van der Waals surface area contributed by atoms with Crippen LogP contribution >= 0.6 is 0 Å². The Labute approximate surface area is 111 Å². The maximum atomic E-state index is 6.32.